The molecule has 0 atom stereocenters. The lowest BCUT2D eigenvalue weighted by Crippen LogP contribution is -2.17. The molecule has 0 aliphatic carbocycles. The molecule has 2 aromatic rings. The van der Waals surface area contributed by atoms with E-state index in [-0.39, 0.29) is 0 Å². The maximum Gasteiger partial charge on any atom is 0.156 e. The minimum Gasteiger partial charge on any atom is -0.457 e. The highest BCUT2D eigenvalue weighted by molar-refractivity contribution is 9.10. The minimum atomic E-state index is 0.395. The SMILES string of the molecule is CC=C1C=C(Oc2ccc(NC(=N/C=C/CCC)c3nc(Cl)c(Br)cc3C)cc2C)C=CN1. The zero-order valence-electron chi connectivity index (χ0n) is 19.2. The summed E-state index contributed by atoms with van der Waals surface area (Å²) in [4.78, 5) is 9.19. The number of allylic oxidation sites excluding steroid dienone is 4. The van der Waals surface area contributed by atoms with E-state index in [4.69, 9.17) is 16.3 Å². The summed E-state index contributed by atoms with van der Waals surface area (Å²) >= 11 is 9.72. The van der Waals surface area contributed by atoms with Gasteiger partial charge in [-0.3, -0.25) is 0 Å². The van der Waals surface area contributed by atoms with Gasteiger partial charge < -0.3 is 15.4 Å². The van der Waals surface area contributed by atoms with Crippen LogP contribution in [0.4, 0.5) is 5.69 Å². The molecule has 1 aromatic carbocycles. The van der Waals surface area contributed by atoms with Gasteiger partial charge in [-0.15, -0.1) is 0 Å². The van der Waals surface area contributed by atoms with E-state index in [0.29, 0.717) is 16.7 Å². The van der Waals surface area contributed by atoms with Crippen molar-refractivity contribution in [2.75, 3.05) is 5.32 Å². The number of ether oxygens (including phenoxy) is 1. The Bertz CT molecular complexity index is 1170. The van der Waals surface area contributed by atoms with Gasteiger partial charge in [0.2, 0.25) is 0 Å². The van der Waals surface area contributed by atoms with Crippen LogP contribution < -0.4 is 15.4 Å². The Morgan fingerprint density at radius 2 is 2.09 bits per heavy atom. The van der Waals surface area contributed by atoms with Gasteiger partial charge in [0, 0.05) is 29.9 Å². The fourth-order valence-electron chi connectivity index (χ4n) is 3.12. The first-order valence-corrected chi connectivity index (χ1v) is 12.0. The zero-order valence-corrected chi connectivity index (χ0v) is 21.6. The molecular weight excluding hydrogens is 500 g/mol. The van der Waals surface area contributed by atoms with E-state index in [0.717, 1.165) is 51.3 Å². The zero-order chi connectivity index (χ0) is 23.8. The summed E-state index contributed by atoms with van der Waals surface area (Å²) in [5.74, 6) is 2.19. The normalized spacial score (nSPS) is 15.0. The number of amidine groups is 1. The lowest BCUT2D eigenvalue weighted by atomic mass is 10.1. The quantitative estimate of drug-likeness (QED) is 0.221. The molecule has 1 aliphatic heterocycles. The van der Waals surface area contributed by atoms with Crippen LogP contribution in [-0.2, 0) is 0 Å². The lowest BCUT2D eigenvalue weighted by molar-refractivity contribution is 0.438. The number of hydrogen-bond acceptors (Lipinski definition) is 4. The van der Waals surface area contributed by atoms with Crippen LogP contribution >= 0.6 is 27.5 Å². The van der Waals surface area contributed by atoms with Crippen molar-refractivity contribution < 1.29 is 4.74 Å². The fraction of sp³-hybridized carbons (Fsp3) is 0.231. The Morgan fingerprint density at radius 1 is 1.27 bits per heavy atom. The maximum absolute atomic E-state index is 6.28. The summed E-state index contributed by atoms with van der Waals surface area (Å²) < 4.78 is 6.85. The molecule has 172 valence electrons. The molecule has 1 aromatic heterocycles. The van der Waals surface area contributed by atoms with Crippen molar-refractivity contribution in [1.29, 1.82) is 0 Å². The number of nitrogens with zero attached hydrogens (tertiary/aromatic N) is 2. The molecule has 3 rings (SSSR count). The van der Waals surface area contributed by atoms with Gasteiger partial charge in [0.15, 0.2) is 5.84 Å². The second-order valence-electron chi connectivity index (χ2n) is 7.55. The van der Waals surface area contributed by atoms with Crippen LogP contribution in [0.2, 0.25) is 5.15 Å². The number of nitrogens with one attached hydrogen (secondary N) is 2. The number of dihydropyridines is 1. The predicted molar refractivity (Wildman–Crippen MR) is 142 cm³/mol. The van der Waals surface area contributed by atoms with E-state index in [1.807, 2.05) is 81.7 Å². The summed E-state index contributed by atoms with van der Waals surface area (Å²) in [6.45, 7) is 8.11. The topological polar surface area (TPSA) is 58.5 Å². The van der Waals surface area contributed by atoms with E-state index in [9.17, 15) is 0 Å². The number of unbranched alkanes of at least 4 members (excludes halogenated alkanes) is 1. The summed E-state index contributed by atoms with van der Waals surface area (Å²) in [5, 5.41) is 6.96. The smallest absolute Gasteiger partial charge is 0.156 e. The maximum atomic E-state index is 6.28. The van der Waals surface area contributed by atoms with Crippen LogP contribution in [0.3, 0.4) is 0 Å². The second kappa shape index (κ2) is 11.9. The highest BCUT2D eigenvalue weighted by Gasteiger charge is 2.14. The number of rotatable bonds is 7. The van der Waals surface area contributed by atoms with Crippen LogP contribution in [0.25, 0.3) is 0 Å². The summed E-state index contributed by atoms with van der Waals surface area (Å²) in [6, 6.07) is 7.88. The third-order valence-corrected chi connectivity index (χ3v) is 6.01. The van der Waals surface area contributed by atoms with Gasteiger partial charge in [-0.1, -0.05) is 37.1 Å². The van der Waals surface area contributed by atoms with Crippen molar-refractivity contribution in [2.24, 2.45) is 4.99 Å². The van der Waals surface area contributed by atoms with Gasteiger partial charge in [-0.25, -0.2) is 9.98 Å². The van der Waals surface area contributed by atoms with Crippen molar-refractivity contribution in [2.45, 2.75) is 40.5 Å². The molecule has 1 aliphatic rings. The molecule has 2 heterocycles. The van der Waals surface area contributed by atoms with Gasteiger partial charge in [-0.05, 0) is 84.6 Å². The third kappa shape index (κ3) is 6.83. The van der Waals surface area contributed by atoms with Crippen LogP contribution in [0.1, 0.15) is 43.5 Å². The Balaban J connectivity index is 1.87. The van der Waals surface area contributed by atoms with E-state index < -0.39 is 0 Å². The molecule has 0 saturated carbocycles. The van der Waals surface area contributed by atoms with Crippen molar-refractivity contribution >= 4 is 39.1 Å². The molecule has 2 N–H and O–H groups in total. The fourth-order valence-corrected chi connectivity index (χ4v) is 3.69. The number of aromatic nitrogens is 1. The number of aryl methyl sites for hydroxylation is 2. The number of halogens is 2. The molecule has 7 heteroatoms. The van der Waals surface area contributed by atoms with Gasteiger partial charge in [0.1, 0.15) is 22.4 Å². The molecule has 0 unspecified atom stereocenters. The monoisotopic (exact) mass is 526 g/mol. The average molecular weight is 528 g/mol. The summed E-state index contributed by atoms with van der Waals surface area (Å²) in [5.41, 5.74) is 4.53. The van der Waals surface area contributed by atoms with Crippen molar-refractivity contribution in [3.05, 3.63) is 98.9 Å². The van der Waals surface area contributed by atoms with E-state index >= 15 is 0 Å². The first kappa shape index (κ1) is 24.8. The number of hydrogen-bond donors (Lipinski definition) is 2. The Labute approximate surface area is 209 Å². The van der Waals surface area contributed by atoms with Gasteiger partial charge >= 0.3 is 0 Å². The Morgan fingerprint density at radius 3 is 2.82 bits per heavy atom. The third-order valence-electron chi connectivity index (χ3n) is 4.88. The molecule has 33 heavy (non-hydrogen) atoms. The Hall–Kier alpha value is -2.83. The molecule has 0 saturated heterocycles. The molecule has 0 bridgehead atoms. The van der Waals surface area contributed by atoms with E-state index in [2.05, 4.69) is 43.5 Å². The molecule has 0 amide bonds. The van der Waals surface area contributed by atoms with Crippen LogP contribution in [-0.4, -0.2) is 10.8 Å². The highest BCUT2D eigenvalue weighted by Crippen LogP contribution is 2.27. The number of pyridine rings is 1. The molecule has 0 radical (unpaired) electrons. The molecule has 0 fully saturated rings. The molecule has 5 nitrogen and oxygen atoms in total. The van der Waals surface area contributed by atoms with Crippen molar-refractivity contribution in [3.8, 4) is 5.75 Å². The van der Waals surface area contributed by atoms with E-state index in [1.165, 1.54) is 0 Å². The van der Waals surface area contributed by atoms with Crippen molar-refractivity contribution in [3.63, 3.8) is 0 Å². The summed E-state index contributed by atoms with van der Waals surface area (Å²) in [6.07, 6.45) is 13.6. The highest BCUT2D eigenvalue weighted by atomic mass is 79.9. The summed E-state index contributed by atoms with van der Waals surface area (Å²) in [7, 11) is 0. The van der Waals surface area contributed by atoms with E-state index in [1.54, 1.807) is 0 Å². The minimum absolute atomic E-state index is 0.395. The van der Waals surface area contributed by atoms with Crippen LogP contribution in [0.15, 0.2) is 81.9 Å². The standard InChI is InChI=1S/C26H28BrClN4O/c1-5-7-8-12-30-26(24-18(4)15-22(27)25(28)32-24)31-20-9-10-23(17(3)14-20)33-21-11-13-29-19(6-2)16-21/h6,8-16,29H,5,7H2,1-4H3,(H,30,31)/b12-8+,19-6?. The van der Waals surface area contributed by atoms with Gasteiger partial charge in [0.25, 0.3) is 0 Å². The average Bonchev–Trinajstić information content (AvgIpc) is 2.80. The van der Waals surface area contributed by atoms with Crippen LogP contribution in [0, 0.1) is 13.8 Å². The number of benzene rings is 1. The van der Waals surface area contributed by atoms with Crippen LogP contribution in [0.5, 0.6) is 5.75 Å². The lowest BCUT2D eigenvalue weighted by Gasteiger charge is -2.16. The van der Waals surface area contributed by atoms with Gasteiger partial charge in [0.05, 0.1) is 4.47 Å². The van der Waals surface area contributed by atoms with Gasteiger partial charge in [-0.2, -0.15) is 0 Å². The second-order valence-corrected chi connectivity index (χ2v) is 8.77. The van der Waals surface area contributed by atoms with Crippen molar-refractivity contribution in [1.82, 2.24) is 10.3 Å². The molecular formula is C26H28BrClN4O. The Kier molecular flexibility index (Phi) is 8.92. The number of aliphatic imine (C=N–C) groups is 1. The number of anilines is 1. The first-order valence-electron chi connectivity index (χ1n) is 10.8. The first-order chi connectivity index (χ1) is 15.9. The largest absolute Gasteiger partial charge is 0.457 e. The molecule has 0 spiro atoms. The predicted octanol–water partition coefficient (Wildman–Crippen LogP) is 7.57.